The highest BCUT2D eigenvalue weighted by Crippen LogP contribution is 2.32. The van der Waals surface area contributed by atoms with Gasteiger partial charge in [-0.15, -0.1) is 0 Å². The number of para-hydroxylation sites is 1. The van der Waals surface area contributed by atoms with Crippen molar-refractivity contribution in [1.82, 2.24) is 9.88 Å². The summed E-state index contributed by atoms with van der Waals surface area (Å²) in [6.07, 6.45) is 4.87. The predicted molar refractivity (Wildman–Crippen MR) is 77.0 cm³/mol. The summed E-state index contributed by atoms with van der Waals surface area (Å²) in [7, 11) is 0. The maximum Gasteiger partial charge on any atom is 0.0456 e. The zero-order valence-corrected chi connectivity index (χ0v) is 11.3. The molecule has 0 amide bonds. The number of rotatable bonds is 2. The number of nitrogens with one attached hydrogen (secondary N) is 1. The number of nitrogens with zero attached hydrogens (tertiary/aromatic N) is 1. The summed E-state index contributed by atoms with van der Waals surface area (Å²) in [4.78, 5) is 6.02. The predicted octanol–water partition coefficient (Wildman–Crippen LogP) is 3.76. The molecular weight excluding hydrogens is 220 g/mol. The van der Waals surface area contributed by atoms with Crippen molar-refractivity contribution in [2.24, 2.45) is 0 Å². The first-order chi connectivity index (χ1) is 8.75. The Hall–Kier alpha value is -1.28. The Morgan fingerprint density at radius 3 is 2.94 bits per heavy atom. The minimum Gasteiger partial charge on any atom is -0.361 e. The highest BCUT2D eigenvalue weighted by molar-refractivity contribution is 5.83. The van der Waals surface area contributed by atoms with E-state index in [1.54, 1.807) is 0 Å². The van der Waals surface area contributed by atoms with E-state index in [9.17, 15) is 0 Å². The van der Waals surface area contributed by atoms with E-state index in [0.717, 1.165) is 0 Å². The van der Waals surface area contributed by atoms with E-state index in [2.05, 4.69) is 54.2 Å². The van der Waals surface area contributed by atoms with E-state index in [-0.39, 0.29) is 0 Å². The van der Waals surface area contributed by atoms with Crippen LogP contribution >= 0.6 is 0 Å². The van der Waals surface area contributed by atoms with Crippen LogP contribution < -0.4 is 0 Å². The van der Waals surface area contributed by atoms with Gasteiger partial charge in [0.2, 0.25) is 0 Å². The molecule has 1 atom stereocenters. The Balaban J connectivity index is 1.90. The number of piperidine rings is 1. The van der Waals surface area contributed by atoms with Gasteiger partial charge in [-0.1, -0.05) is 18.2 Å². The first kappa shape index (κ1) is 11.8. The number of likely N-dealkylation sites (tertiary alicyclic amines) is 1. The normalized spacial score (nSPS) is 21.8. The number of aromatic amines is 1. The largest absolute Gasteiger partial charge is 0.361 e. The Morgan fingerprint density at radius 2 is 2.11 bits per heavy atom. The highest BCUT2D eigenvalue weighted by atomic mass is 15.2. The number of H-pyrrole nitrogens is 1. The fraction of sp³-hybridized carbons (Fsp3) is 0.500. The number of benzene rings is 1. The number of aromatic nitrogens is 1. The highest BCUT2D eigenvalue weighted by Gasteiger charge is 2.24. The van der Waals surface area contributed by atoms with Gasteiger partial charge in [-0.2, -0.15) is 0 Å². The van der Waals surface area contributed by atoms with Crippen LogP contribution in [-0.4, -0.2) is 29.0 Å². The molecule has 2 nitrogen and oxygen atoms in total. The fourth-order valence-electron chi connectivity index (χ4n) is 3.16. The molecule has 2 aromatic rings. The second-order valence-corrected chi connectivity index (χ2v) is 5.72. The summed E-state index contributed by atoms with van der Waals surface area (Å²) in [5.74, 6) is 0.692. The number of hydrogen-bond acceptors (Lipinski definition) is 1. The van der Waals surface area contributed by atoms with Crippen LogP contribution in [0, 0.1) is 0 Å². The molecule has 1 unspecified atom stereocenters. The molecule has 1 aromatic carbocycles. The SMILES string of the molecule is CC(C)N1CCCC(c2c[nH]c3ccccc23)C1. The molecule has 0 saturated carbocycles. The van der Waals surface area contributed by atoms with Crippen molar-refractivity contribution in [2.75, 3.05) is 13.1 Å². The van der Waals surface area contributed by atoms with Crippen LogP contribution in [0.25, 0.3) is 10.9 Å². The topological polar surface area (TPSA) is 19.0 Å². The van der Waals surface area contributed by atoms with Gasteiger partial charge in [-0.25, -0.2) is 0 Å². The molecule has 0 radical (unpaired) electrons. The molecular formula is C16H22N2. The Kier molecular flexibility index (Phi) is 3.13. The summed E-state index contributed by atoms with van der Waals surface area (Å²) in [5.41, 5.74) is 2.78. The van der Waals surface area contributed by atoms with Gasteiger partial charge >= 0.3 is 0 Å². The monoisotopic (exact) mass is 242 g/mol. The van der Waals surface area contributed by atoms with Crippen LogP contribution in [0.3, 0.4) is 0 Å². The molecule has 2 heteroatoms. The fourth-order valence-corrected chi connectivity index (χ4v) is 3.16. The first-order valence-corrected chi connectivity index (χ1v) is 7.06. The van der Waals surface area contributed by atoms with Gasteiger partial charge in [0.1, 0.15) is 0 Å². The van der Waals surface area contributed by atoms with Gasteiger partial charge < -0.3 is 9.88 Å². The minimum atomic E-state index is 0.665. The summed E-state index contributed by atoms with van der Waals surface area (Å²) in [5, 5.41) is 1.41. The second-order valence-electron chi connectivity index (χ2n) is 5.72. The van der Waals surface area contributed by atoms with Crippen molar-refractivity contribution in [3.05, 3.63) is 36.0 Å². The van der Waals surface area contributed by atoms with E-state index < -0.39 is 0 Å². The van der Waals surface area contributed by atoms with Crippen LogP contribution in [0.2, 0.25) is 0 Å². The van der Waals surface area contributed by atoms with Crippen molar-refractivity contribution in [3.63, 3.8) is 0 Å². The standard InChI is InChI=1S/C16H22N2/c1-12(2)18-9-5-6-13(11-18)15-10-17-16-8-4-3-7-14(15)16/h3-4,7-8,10,12-13,17H,5-6,9,11H2,1-2H3. The molecule has 0 spiro atoms. The lowest BCUT2D eigenvalue weighted by atomic mass is 9.90. The zero-order chi connectivity index (χ0) is 12.5. The maximum absolute atomic E-state index is 3.41. The van der Waals surface area contributed by atoms with E-state index in [1.807, 2.05) is 0 Å². The van der Waals surface area contributed by atoms with Gasteiger partial charge in [0, 0.05) is 29.7 Å². The van der Waals surface area contributed by atoms with Crippen molar-refractivity contribution in [1.29, 1.82) is 0 Å². The molecule has 0 aliphatic carbocycles. The first-order valence-electron chi connectivity index (χ1n) is 7.06. The third-order valence-corrected chi connectivity index (χ3v) is 4.24. The van der Waals surface area contributed by atoms with E-state index in [1.165, 1.54) is 42.4 Å². The third kappa shape index (κ3) is 2.05. The zero-order valence-electron chi connectivity index (χ0n) is 11.3. The van der Waals surface area contributed by atoms with Gasteiger partial charge in [0.05, 0.1) is 0 Å². The molecule has 3 rings (SSSR count). The molecule has 18 heavy (non-hydrogen) atoms. The second kappa shape index (κ2) is 4.77. The van der Waals surface area contributed by atoms with E-state index >= 15 is 0 Å². The summed E-state index contributed by atoms with van der Waals surface area (Å²) in [6.45, 7) is 7.07. The lowest BCUT2D eigenvalue weighted by Gasteiger charge is -2.35. The average molecular weight is 242 g/mol. The smallest absolute Gasteiger partial charge is 0.0456 e. The Bertz CT molecular complexity index is 527. The lowest BCUT2D eigenvalue weighted by molar-refractivity contribution is 0.168. The van der Waals surface area contributed by atoms with Crippen molar-refractivity contribution < 1.29 is 0 Å². The minimum absolute atomic E-state index is 0.665. The maximum atomic E-state index is 3.41. The number of hydrogen-bond donors (Lipinski definition) is 1. The van der Waals surface area contributed by atoms with Crippen LogP contribution in [0.15, 0.2) is 30.5 Å². The van der Waals surface area contributed by atoms with Crippen LogP contribution in [0.4, 0.5) is 0 Å². The molecule has 2 heterocycles. The molecule has 1 N–H and O–H groups in total. The van der Waals surface area contributed by atoms with E-state index in [4.69, 9.17) is 0 Å². The molecule has 1 aliphatic rings. The van der Waals surface area contributed by atoms with Gasteiger partial charge in [-0.05, 0) is 50.8 Å². The molecule has 1 fully saturated rings. The molecule has 96 valence electrons. The van der Waals surface area contributed by atoms with Gasteiger partial charge in [-0.3, -0.25) is 0 Å². The molecule has 1 aromatic heterocycles. The van der Waals surface area contributed by atoms with Gasteiger partial charge in [0.25, 0.3) is 0 Å². The van der Waals surface area contributed by atoms with E-state index in [0.29, 0.717) is 12.0 Å². The molecule has 0 bridgehead atoms. The van der Waals surface area contributed by atoms with Crippen molar-refractivity contribution in [3.8, 4) is 0 Å². The van der Waals surface area contributed by atoms with Crippen molar-refractivity contribution in [2.45, 2.75) is 38.6 Å². The molecule has 1 aliphatic heterocycles. The molecule has 1 saturated heterocycles. The third-order valence-electron chi connectivity index (χ3n) is 4.24. The lowest BCUT2D eigenvalue weighted by Crippen LogP contribution is -2.39. The summed E-state index contributed by atoms with van der Waals surface area (Å²) >= 11 is 0. The van der Waals surface area contributed by atoms with Gasteiger partial charge in [0.15, 0.2) is 0 Å². The quantitative estimate of drug-likeness (QED) is 0.849. The van der Waals surface area contributed by atoms with Crippen LogP contribution in [0.1, 0.15) is 38.2 Å². The number of fused-ring (bicyclic) bond motifs is 1. The average Bonchev–Trinajstić information content (AvgIpc) is 2.82. The Labute approximate surface area is 109 Å². The Morgan fingerprint density at radius 1 is 1.28 bits per heavy atom. The van der Waals surface area contributed by atoms with Crippen LogP contribution in [-0.2, 0) is 0 Å². The van der Waals surface area contributed by atoms with Crippen molar-refractivity contribution >= 4 is 10.9 Å². The summed E-state index contributed by atoms with van der Waals surface area (Å²) < 4.78 is 0. The van der Waals surface area contributed by atoms with Crippen LogP contribution in [0.5, 0.6) is 0 Å². The summed E-state index contributed by atoms with van der Waals surface area (Å²) in [6, 6.07) is 9.32.